The van der Waals surface area contributed by atoms with E-state index in [0.717, 1.165) is 6.54 Å². The van der Waals surface area contributed by atoms with Gasteiger partial charge in [0.15, 0.2) is 0 Å². The van der Waals surface area contributed by atoms with E-state index in [4.69, 9.17) is 5.21 Å². The summed E-state index contributed by atoms with van der Waals surface area (Å²) in [6.07, 6.45) is 2.65. The molecule has 6 heteroatoms. The highest BCUT2D eigenvalue weighted by Gasteiger charge is 2.04. The number of oxime groups is 1. The molecule has 0 radical (unpaired) electrons. The Morgan fingerprint density at radius 2 is 2.35 bits per heavy atom. The summed E-state index contributed by atoms with van der Waals surface area (Å²) < 4.78 is 0. The third-order valence-electron chi connectivity index (χ3n) is 2.08. The van der Waals surface area contributed by atoms with Crippen LogP contribution in [0.5, 0.6) is 0 Å². The van der Waals surface area contributed by atoms with E-state index < -0.39 is 0 Å². The van der Waals surface area contributed by atoms with E-state index in [1.165, 1.54) is 12.4 Å². The lowest BCUT2D eigenvalue weighted by Gasteiger charge is -2.10. The van der Waals surface area contributed by atoms with Gasteiger partial charge in [0.05, 0.1) is 17.5 Å². The number of nitrogens with one attached hydrogen (secondary N) is 1. The number of likely N-dealkylation sites (N-methyl/N-ethyl adjacent to an activating group) is 1. The zero-order valence-corrected chi connectivity index (χ0v) is 9.92. The van der Waals surface area contributed by atoms with Crippen LogP contribution in [0.15, 0.2) is 23.5 Å². The second-order valence-corrected chi connectivity index (χ2v) is 3.78. The molecule has 0 aliphatic heterocycles. The molecule has 0 atom stereocenters. The van der Waals surface area contributed by atoms with Gasteiger partial charge >= 0.3 is 0 Å². The fourth-order valence-electron chi connectivity index (χ4n) is 1.17. The molecule has 0 aromatic carbocycles. The van der Waals surface area contributed by atoms with E-state index in [0.29, 0.717) is 17.8 Å². The number of carbonyl (C=O) groups excluding carboxylic acids is 1. The summed E-state index contributed by atoms with van der Waals surface area (Å²) in [5, 5.41) is 13.9. The van der Waals surface area contributed by atoms with Crippen LogP contribution < -0.4 is 5.32 Å². The number of hydrogen-bond donors (Lipinski definition) is 2. The van der Waals surface area contributed by atoms with Crippen LogP contribution in [0, 0.1) is 0 Å². The van der Waals surface area contributed by atoms with E-state index in [2.05, 4.69) is 15.5 Å². The van der Waals surface area contributed by atoms with Crippen molar-refractivity contribution < 1.29 is 10.0 Å². The van der Waals surface area contributed by atoms with Gasteiger partial charge in [-0.1, -0.05) is 5.16 Å². The van der Waals surface area contributed by atoms with Gasteiger partial charge in [0, 0.05) is 19.3 Å². The van der Waals surface area contributed by atoms with Gasteiger partial charge in [-0.2, -0.15) is 0 Å². The van der Waals surface area contributed by atoms with Crippen LogP contribution in [0.4, 0.5) is 0 Å². The summed E-state index contributed by atoms with van der Waals surface area (Å²) in [6.45, 7) is 1.38. The second-order valence-electron chi connectivity index (χ2n) is 3.78. The van der Waals surface area contributed by atoms with Crippen LogP contribution in [-0.2, 0) is 0 Å². The van der Waals surface area contributed by atoms with Crippen LogP contribution in [0.1, 0.15) is 16.1 Å². The molecule has 0 saturated heterocycles. The Kier molecular flexibility index (Phi) is 5.09. The molecule has 1 rings (SSSR count). The third kappa shape index (κ3) is 4.60. The van der Waals surface area contributed by atoms with Crippen LogP contribution in [-0.4, -0.2) is 54.4 Å². The number of rotatable bonds is 5. The van der Waals surface area contributed by atoms with E-state index in [1.54, 1.807) is 12.1 Å². The molecule has 1 amide bonds. The van der Waals surface area contributed by atoms with Crippen molar-refractivity contribution in [1.82, 2.24) is 15.2 Å². The number of nitrogens with zero attached hydrogens (tertiary/aromatic N) is 3. The molecule has 0 aliphatic rings. The van der Waals surface area contributed by atoms with Gasteiger partial charge in [0.25, 0.3) is 5.91 Å². The van der Waals surface area contributed by atoms with Crippen molar-refractivity contribution in [2.45, 2.75) is 0 Å². The summed E-state index contributed by atoms with van der Waals surface area (Å²) in [7, 11) is 3.88. The van der Waals surface area contributed by atoms with Crippen LogP contribution in [0.2, 0.25) is 0 Å². The lowest BCUT2D eigenvalue weighted by Crippen LogP contribution is -2.31. The summed E-state index contributed by atoms with van der Waals surface area (Å²) in [4.78, 5) is 17.6. The molecule has 0 unspecified atom stereocenters. The standard InChI is InChI=1S/C11H16N4O2/c1-15(2)6-5-12-11(16)9-3-4-10(8-14-17)13-7-9/h3-4,7-8,17H,5-6H2,1-2H3,(H,12,16)/b14-8+. The fraction of sp³-hybridized carbons (Fsp3) is 0.364. The van der Waals surface area contributed by atoms with Crippen LogP contribution in [0.3, 0.4) is 0 Å². The smallest absolute Gasteiger partial charge is 0.252 e. The monoisotopic (exact) mass is 236 g/mol. The molecule has 92 valence electrons. The first-order valence-electron chi connectivity index (χ1n) is 5.20. The largest absolute Gasteiger partial charge is 0.411 e. The molecule has 1 heterocycles. The van der Waals surface area contributed by atoms with E-state index in [1.807, 2.05) is 19.0 Å². The molecular weight excluding hydrogens is 220 g/mol. The molecule has 0 bridgehead atoms. The molecule has 1 aromatic heterocycles. The maximum absolute atomic E-state index is 11.6. The number of pyridine rings is 1. The van der Waals surface area contributed by atoms with E-state index in [-0.39, 0.29) is 5.91 Å². The van der Waals surface area contributed by atoms with E-state index in [9.17, 15) is 4.79 Å². The molecule has 17 heavy (non-hydrogen) atoms. The van der Waals surface area contributed by atoms with Crippen molar-refractivity contribution in [3.63, 3.8) is 0 Å². The van der Waals surface area contributed by atoms with Crippen LogP contribution >= 0.6 is 0 Å². The van der Waals surface area contributed by atoms with Crippen LogP contribution in [0.25, 0.3) is 0 Å². The van der Waals surface area contributed by atoms with Gasteiger partial charge in [-0.3, -0.25) is 9.78 Å². The van der Waals surface area contributed by atoms with Gasteiger partial charge in [0.2, 0.25) is 0 Å². The Bertz CT molecular complexity index is 387. The minimum atomic E-state index is -0.160. The molecule has 0 fully saturated rings. The number of aromatic nitrogens is 1. The Morgan fingerprint density at radius 1 is 1.59 bits per heavy atom. The van der Waals surface area contributed by atoms with Crippen molar-refractivity contribution in [1.29, 1.82) is 0 Å². The van der Waals surface area contributed by atoms with Gasteiger partial charge in [-0.15, -0.1) is 0 Å². The first kappa shape index (κ1) is 13.1. The summed E-state index contributed by atoms with van der Waals surface area (Å²) in [5.74, 6) is -0.160. The molecule has 6 nitrogen and oxygen atoms in total. The molecule has 1 aromatic rings. The number of hydrogen-bond acceptors (Lipinski definition) is 5. The van der Waals surface area contributed by atoms with Gasteiger partial charge in [0.1, 0.15) is 0 Å². The minimum Gasteiger partial charge on any atom is -0.411 e. The number of amides is 1. The minimum absolute atomic E-state index is 0.160. The highest BCUT2D eigenvalue weighted by molar-refractivity contribution is 5.94. The zero-order chi connectivity index (χ0) is 12.7. The van der Waals surface area contributed by atoms with Crippen molar-refractivity contribution in [2.24, 2.45) is 5.16 Å². The van der Waals surface area contributed by atoms with Crippen molar-refractivity contribution in [3.05, 3.63) is 29.6 Å². The Hall–Kier alpha value is -1.95. The second kappa shape index (κ2) is 6.59. The maximum Gasteiger partial charge on any atom is 0.252 e. The lowest BCUT2D eigenvalue weighted by molar-refractivity contribution is 0.0950. The van der Waals surface area contributed by atoms with Crippen molar-refractivity contribution in [3.8, 4) is 0 Å². The normalized spacial score (nSPS) is 11.0. The van der Waals surface area contributed by atoms with E-state index >= 15 is 0 Å². The third-order valence-corrected chi connectivity index (χ3v) is 2.08. The van der Waals surface area contributed by atoms with Gasteiger partial charge in [-0.25, -0.2) is 0 Å². The first-order chi connectivity index (χ1) is 8.13. The molecule has 0 spiro atoms. The number of carbonyl (C=O) groups is 1. The first-order valence-corrected chi connectivity index (χ1v) is 5.20. The summed E-state index contributed by atoms with van der Waals surface area (Å²) >= 11 is 0. The Morgan fingerprint density at radius 3 is 2.88 bits per heavy atom. The summed E-state index contributed by atoms with van der Waals surface area (Å²) in [5.41, 5.74) is 0.983. The predicted molar refractivity (Wildman–Crippen MR) is 64.5 cm³/mol. The zero-order valence-electron chi connectivity index (χ0n) is 9.92. The average Bonchev–Trinajstić information content (AvgIpc) is 2.30. The van der Waals surface area contributed by atoms with Gasteiger partial charge < -0.3 is 15.4 Å². The highest BCUT2D eigenvalue weighted by Crippen LogP contribution is 1.98. The van der Waals surface area contributed by atoms with Crippen molar-refractivity contribution in [2.75, 3.05) is 27.2 Å². The molecule has 2 N–H and O–H groups in total. The van der Waals surface area contributed by atoms with Crippen molar-refractivity contribution >= 4 is 12.1 Å². The average molecular weight is 236 g/mol. The molecular formula is C11H16N4O2. The fourth-order valence-corrected chi connectivity index (χ4v) is 1.17. The Balaban J connectivity index is 2.51. The maximum atomic E-state index is 11.6. The lowest BCUT2D eigenvalue weighted by atomic mass is 10.2. The SMILES string of the molecule is CN(C)CCNC(=O)c1ccc(/C=N/O)nc1. The summed E-state index contributed by atoms with van der Waals surface area (Å²) in [6, 6.07) is 3.25. The molecule has 0 aliphatic carbocycles. The highest BCUT2D eigenvalue weighted by atomic mass is 16.4. The molecule has 0 saturated carbocycles. The van der Waals surface area contributed by atoms with Gasteiger partial charge in [-0.05, 0) is 26.2 Å². The quantitative estimate of drug-likeness (QED) is 0.434. The Labute approximate surface area is 100.0 Å². The topological polar surface area (TPSA) is 77.8 Å². The predicted octanol–water partition coefficient (Wildman–Crippen LogP) is 0.181.